The van der Waals surface area contributed by atoms with Gasteiger partial charge >= 0.3 is 0 Å². The van der Waals surface area contributed by atoms with Gasteiger partial charge in [-0.2, -0.15) is 0 Å². The number of benzene rings is 1. The van der Waals surface area contributed by atoms with Crippen molar-refractivity contribution in [2.75, 3.05) is 12.4 Å². The molecular weight excluding hydrogens is 378 g/mol. The average Bonchev–Trinajstić information content (AvgIpc) is 3.24. The van der Waals surface area contributed by atoms with Crippen molar-refractivity contribution in [2.24, 2.45) is 23.7 Å². The maximum absolute atomic E-state index is 11.7. The van der Waals surface area contributed by atoms with Gasteiger partial charge in [-0.3, -0.25) is 4.79 Å². The zero-order chi connectivity index (χ0) is 22.2. The van der Waals surface area contributed by atoms with E-state index >= 15 is 0 Å². The highest BCUT2D eigenvalue weighted by Crippen LogP contribution is 2.55. The molecule has 2 heteroatoms. The van der Waals surface area contributed by atoms with E-state index in [0.717, 1.165) is 42.7 Å². The minimum Gasteiger partial charge on any atom is -0.388 e. The number of allylic oxidation sites excluding steroid dienone is 4. The monoisotopic (exact) mass is 417 g/mol. The predicted molar refractivity (Wildman–Crippen MR) is 132 cm³/mol. The average molecular weight is 418 g/mol. The van der Waals surface area contributed by atoms with E-state index in [9.17, 15) is 4.79 Å². The lowest BCUT2D eigenvalue weighted by molar-refractivity contribution is -0.114. The van der Waals surface area contributed by atoms with Gasteiger partial charge in [0.15, 0.2) is 5.78 Å². The van der Waals surface area contributed by atoms with E-state index in [2.05, 4.69) is 17.2 Å². The molecule has 2 fully saturated rings. The lowest BCUT2D eigenvalue weighted by Crippen LogP contribution is -2.32. The Morgan fingerprint density at radius 2 is 1.68 bits per heavy atom. The summed E-state index contributed by atoms with van der Waals surface area (Å²) in [7, 11) is 1.91. The lowest BCUT2D eigenvalue weighted by atomic mass is 9.62. The van der Waals surface area contributed by atoms with Crippen molar-refractivity contribution in [3.8, 4) is 11.8 Å². The number of nitrogens with one attached hydrogen (secondary N) is 1. The van der Waals surface area contributed by atoms with Gasteiger partial charge in [-0.1, -0.05) is 43.5 Å². The van der Waals surface area contributed by atoms with Crippen LogP contribution < -0.4 is 5.32 Å². The van der Waals surface area contributed by atoms with Gasteiger partial charge in [0.25, 0.3) is 0 Å². The van der Waals surface area contributed by atoms with Gasteiger partial charge in [-0.05, 0) is 99.0 Å². The molecule has 5 rings (SSSR count). The van der Waals surface area contributed by atoms with Gasteiger partial charge in [0, 0.05) is 25.1 Å². The number of carbonyl (C=O) groups is 1. The molecule has 2 nitrogen and oxygen atoms in total. The Kier molecular flexibility index (Phi) is 8.59. The first-order valence-corrected chi connectivity index (χ1v) is 12.3. The standard InChI is InChI=1S/C20H24O.C7H9N.C2H6/c1-2-3-13-4-7-18-16(13)10-11-19-17-9-6-15(21)12-14(17)5-8-20(18)19;1-8-7-5-3-2-4-6-7;1-2/h12-13,16,18,20H,4-11H2,1H3;2-6,8H,1H3;1-2H3. The number of rotatable bonds is 1. The number of anilines is 1. The van der Waals surface area contributed by atoms with E-state index in [1.807, 2.05) is 64.2 Å². The minimum absolute atomic E-state index is 0.348. The third kappa shape index (κ3) is 5.32. The fraction of sp³-hybridized carbons (Fsp3) is 0.552. The Hall–Kier alpha value is -2.27. The van der Waals surface area contributed by atoms with Crippen LogP contribution in [0, 0.1) is 35.5 Å². The van der Waals surface area contributed by atoms with Gasteiger partial charge in [-0.15, -0.1) is 5.92 Å². The smallest absolute Gasteiger partial charge is 0.156 e. The molecule has 1 aromatic rings. The van der Waals surface area contributed by atoms with Crippen molar-refractivity contribution in [2.45, 2.75) is 72.1 Å². The largest absolute Gasteiger partial charge is 0.388 e. The van der Waals surface area contributed by atoms with Crippen LogP contribution in [0.25, 0.3) is 0 Å². The molecule has 166 valence electrons. The van der Waals surface area contributed by atoms with E-state index in [-0.39, 0.29) is 0 Å². The van der Waals surface area contributed by atoms with Gasteiger partial charge in [-0.25, -0.2) is 0 Å². The molecule has 0 radical (unpaired) electrons. The topological polar surface area (TPSA) is 29.1 Å². The second-order valence-electron chi connectivity index (χ2n) is 8.85. The Labute approximate surface area is 189 Å². The first-order valence-electron chi connectivity index (χ1n) is 12.3. The summed E-state index contributed by atoms with van der Waals surface area (Å²) in [6.07, 6.45) is 11.4. The van der Waals surface area contributed by atoms with Crippen molar-refractivity contribution in [3.63, 3.8) is 0 Å². The highest BCUT2D eigenvalue weighted by molar-refractivity contribution is 5.93. The summed E-state index contributed by atoms with van der Waals surface area (Å²) >= 11 is 0. The summed E-state index contributed by atoms with van der Waals surface area (Å²) in [5.74, 6) is 10.2. The molecule has 0 aromatic heterocycles. The van der Waals surface area contributed by atoms with Crippen LogP contribution in [0.5, 0.6) is 0 Å². The lowest BCUT2D eigenvalue weighted by Gasteiger charge is -2.42. The Morgan fingerprint density at radius 3 is 2.35 bits per heavy atom. The van der Waals surface area contributed by atoms with Gasteiger partial charge < -0.3 is 5.32 Å². The molecule has 4 aliphatic rings. The Bertz CT molecular complexity index is 867. The third-order valence-electron chi connectivity index (χ3n) is 7.44. The van der Waals surface area contributed by atoms with E-state index < -0.39 is 0 Å². The van der Waals surface area contributed by atoms with Crippen LogP contribution in [0.2, 0.25) is 0 Å². The molecule has 31 heavy (non-hydrogen) atoms. The zero-order valence-electron chi connectivity index (χ0n) is 19.8. The summed E-state index contributed by atoms with van der Waals surface area (Å²) in [5, 5.41) is 3.03. The minimum atomic E-state index is 0.348. The number of fused-ring (bicyclic) bond motifs is 4. The molecule has 0 spiro atoms. The summed E-state index contributed by atoms with van der Waals surface area (Å²) in [4.78, 5) is 11.7. The Balaban J connectivity index is 0.000000230. The molecule has 0 saturated heterocycles. The third-order valence-corrected chi connectivity index (χ3v) is 7.44. The predicted octanol–water partition coefficient (Wildman–Crippen LogP) is 7.20. The summed E-state index contributed by atoms with van der Waals surface area (Å²) < 4.78 is 0. The molecule has 1 aromatic carbocycles. The maximum atomic E-state index is 11.7. The van der Waals surface area contributed by atoms with Crippen molar-refractivity contribution in [1.82, 2.24) is 0 Å². The Morgan fingerprint density at radius 1 is 0.903 bits per heavy atom. The van der Waals surface area contributed by atoms with Crippen molar-refractivity contribution in [3.05, 3.63) is 53.1 Å². The number of ketones is 1. The van der Waals surface area contributed by atoms with Crippen LogP contribution in [0.3, 0.4) is 0 Å². The van der Waals surface area contributed by atoms with Crippen LogP contribution in [-0.2, 0) is 4.79 Å². The van der Waals surface area contributed by atoms with Gasteiger partial charge in [0.1, 0.15) is 0 Å². The molecule has 0 aliphatic heterocycles. The first-order chi connectivity index (χ1) is 15.2. The maximum Gasteiger partial charge on any atom is 0.156 e. The highest BCUT2D eigenvalue weighted by atomic mass is 16.1. The first kappa shape index (κ1) is 23.4. The summed E-state index contributed by atoms with van der Waals surface area (Å²) in [6, 6.07) is 10.1. The normalized spacial score (nSPS) is 28.1. The number of para-hydroxylation sites is 1. The van der Waals surface area contributed by atoms with Crippen molar-refractivity contribution >= 4 is 11.5 Å². The highest BCUT2D eigenvalue weighted by Gasteiger charge is 2.45. The SMILES string of the molecule is CC.CC#CC1CCC2C3CCC4=CC(=O)CCC4=C3CCC12.CNc1ccccc1. The molecule has 0 bridgehead atoms. The molecule has 4 aliphatic carbocycles. The van der Waals surface area contributed by atoms with Crippen LogP contribution in [0.4, 0.5) is 5.69 Å². The van der Waals surface area contributed by atoms with Crippen LogP contribution >= 0.6 is 0 Å². The molecule has 1 N–H and O–H groups in total. The van der Waals surface area contributed by atoms with Gasteiger partial charge in [0.2, 0.25) is 0 Å². The molecule has 4 unspecified atom stereocenters. The van der Waals surface area contributed by atoms with Crippen LogP contribution in [0.15, 0.2) is 53.1 Å². The quantitative estimate of drug-likeness (QED) is 0.490. The molecule has 0 amide bonds. The molecule has 4 atom stereocenters. The summed E-state index contributed by atoms with van der Waals surface area (Å²) in [5.41, 5.74) is 5.88. The second kappa shape index (κ2) is 11.4. The second-order valence-corrected chi connectivity index (χ2v) is 8.85. The fourth-order valence-electron chi connectivity index (χ4n) is 6.17. The van der Waals surface area contributed by atoms with E-state index in [0.29, 0.717) is 11.7 Å². The molecule has 0 heterocycles. The van der Waals surface area contributed by atoms with E-state index in [1.54, 1.807) is 11.1 Å². The molecular formula is C29H39NO. The van der Waals surface area contributed by atoms with E-state index in [4.69, 9.17) is 0 Å². The fourth-order valence-corrected chi connectivity index (χ4v) is 6.17. The number of hydrogen-bond acceptors (Lipinski definition) is 2. The van der Waals surface area contributed by atoms with Crippen molar-refractivity contribution < 1.29 is 4.79 Å². The van der Waals surface area contributed by atoms with Crippen molar-refractivity contribution in [1.29, 1.82) is 0 Å². The molecule has 2 saturated carbocycles. The number of hydrogen-bond donors (Lipinski definition) is 1. The van der Waals surface area contributed by atoms with Crippen LogP contribution in [-0.4, -0.2) is 12.8 Å². The number of carbonyl (C=O) groups excluding carboxylic acids is 1. The zero-order valence-corrected chi connectivity index (χ0v) is 19.8. The van der Waals surface area contributed by atoms with Crippen LogP contribution in [0.1, 0.15) is 72.1 Å². The van der Waals surface area contributed by atoms with E-state index in [1.165, 1.54) is 37.7 Å². The summed E-state index contributed by atoms with van der Waals surface area (Å²) in [6.45, 7) is 5.99. The van der Waals surface area contributed by atoms with Gasteiger partial charge in [0.05, 0.1) is 0 Å².